The standard InChI is InChI=1S/C21H20F3NO/c1-20(16-7-6-8-17(13-16)21(22,23)24)12-11-15(19(20)26)14-25(2)18-9-4-3-5-10-18/h3-10,13-14H,11-12H2,1-2H3. The van der Waals surface area contributed by atoms with E-state index in [1.54, 1.807) is 19.2 Å². The first-order valence-electron chi connectivity index (χ1n) is 8.43. The van der Waals surface area contributed by atoms with Gasteiger partial charge in [0.1, 0.15) is 0 Å². The fourth-order valence-electron chi connectivity index (χ4n) is 3.37. The van der Waals surface area contributed by atoms with Gasteiger partial charge >= 0.3 is 6.18 Å². The van der Waals surface area contributed by atoms with Gasteiger partial charge < -0.3 is 4.90 Å². The van der Waals surface area contributed by atoms with Crippen molar-refractivity contribution >= 4 is 11.5 Å². The third kappa shape index (κ3) is 3.39. The van der Waals surface area contributed by atoms with Crippen LogP contribution in [0.5, 0.6) is 0 Å². The minimum Gasteiger partial charge on any atom is -0.351 e. The number of nitrogens with zero attached hydrogens (tertiary/aromatic N) is 1. The zero-order valence-electron chi connectivity index (χ0n) is 14.7. The van der Waals surface area contributed by atoms with Crippen LogP contribution in [-0.4, -0.2) is 12.8 Å². The minimum atomic E-state index is -4.42. The quantitative estimate of drug-likeness (QED) is 0.689. The second kappa shape index (κ2) is 6.63. The van der Waals surface area contributed by atoms with Crippen LogP contribution < -0.4 is 4.90 Å². The first-order valence-corrected chi connectivity index (χ1v) is 8.43. The van der Waals surface area contributed by atoms with E-state index in [2.05, 4.69) is 0 Å². The number of benzene rings is 2. The molecule has 0 radical (unpaired) electrons. The first-order chi connectivity index (χ1) is 12.2. The largest absolute Gasteiger partial charge is 0.416 e. The topological polar surface area (TPSA) is 20.3 Å². The zero-order valence-corrected chi connectivity index (χ0v) is 14.7. The average Bonchev–Trinajstić information content (AvgIpc) is 2.91. The van der Waals surface area contributed by atoms with Crippen LogP contribution in [0.25, 0.3) is 0 Å². The van der Waals surface area contributed by atoms with Gasteiger partial charge in [0, 0.05) is 24.5 Å². The summed E-state index contributed by atoms with van der Waals surface area (Å²) in [5, 5.41) is 0. The number of para-hydroxylation sites is 1. The molecule has 0 bridgehead atoms. The Morgan fingerprint density at radius 2 is 1.77 bits per heavy atom. The Balaban J connectivity index is 1.89. The van der Waals surface area contributed by atoms with E-state index in [9.17, 15) is 18.0 Å². The molecule has 2 aromatic carbocycles. The fourth-order valence-corrected chi connectivity index (χ4v) is 3.37. The summed E-state index contributed by atoms with van der Waals surface area (Å²) in [6.45, 7) is 1.73. The summed E-state index contributed by atoms with van der Waals surface area (Å²) in [6, 6.07) is 14.7. The molecule has 1 aliphatic carbocycles. The van der Waals surface area contributed by atoms with Crippen molar-refractivity contribution in [3.8, 4) is 0 Å². The molecule has 3 rings (SSSR count). The van der Waals surface area contributed by atoms with Gasteiger partial charge in [0.2, 0.25) is 0 Å². The Morgan fingerprint density at radius 3 is 2.42 bits per heavy atom. The molecule has 1 fully saturated rings. The van der Waals surface area contributed by atoms with Crippen molar-refractivity contribution in [2.75, 3.05) is 11.9 Å². The number of halogens is 3. The smallest absolute Gasteiger partial charge is 0.351 e. The number of hydrogen-bond acceptors (Lipinski definition) is 2. The highest BCUT2D eigenvalue weighted by atomic mass is 19.4. The number of allylic oxidation sites excluding steroid dienone is 1. The number of ketones is 1. The first kappa shape index (κ1) is 18.2. The molecule has 5 heteroatoms. The van der Waals surface area contributed by atoms with Crippen molar-refractivity contribution in [3.05, 3.63) is 77.5 Å². The van der Waals surface area contributed by atoms with Gasteiger partial charge in [-0.15, -0.1) is 0 Å². The third-order valence-corrected chi connectivity index (χ3v) is 5.03. The molecule has 0 aromatic heterocycles. The molecule has 136 valence electrons. The molecule has 1 saturated carbocycles. The number of Topliss-reactive ketones (excluding diaryl/α,β-unsaturated/α-hetero) is 1. The van der Waals surface area contributed by atoms with Crippen LogP contribution in [0.1, 0.15) is 30.9 Å². The van der Waals surface area contributed by atoms with E-state index in [0.29, 0.717) is 24.0 Å². The number of hydrogen-bond donors (Lipinski definition) is 0. The number of rotatable bonds is 3. The van der Waals surface area contributed by atoms with Gasteiger partial charge in [-0.05, 0) is 43.5 Å². The summed E-state index contributed by atoms with van der Waals surface area (Å²) in [6.07, 6.45) is -1.58. The second-order valence-electron chi connectivity index (χ2n) is 6.84. The van der Waals surface area contributed by atoms with Crippen LogP contribution in [0.2, 0.25) is 0 Å². The van der Waals surface area contributed by atoms with E-state index in [4.69, 9.17) is 0 Å². The predicted octanol–water partition coefficient (Wildman–Crippen LogP) is 5.35. The van der Waals surface area contributed by atoms with Gasteiger partial charge in [0.05, 0.1) is 11.0 Å². The third-order valence-electron chi connectivity index (χ3n) is 5.03. The normalized spacial score (nSPS) is 22.0. The van der Waals surface area contributed by atoms with Crippen LogP contribution >= 0.6 is 0 Å². The van der Waals surface area contributed by atoms with Crippen molar-refractivity contribution in [3.63, 3.8) is 0 Å². The second-order valence-corrected chi connectivity index (χ2v) is 6.84. The van der Waals surface area contributed by atoms with Crippen LogP contribution in [0, 0.1) is 0 Å². The Morgan fingerprint density at radius 1 is 1.08 bits per heavy atom. The molecule has 0 saturated heterocycles. The monoisotopic (exact) mass is 359 g/mol. The lowest BCUT2D eigenvalue weighted by Crippen LogP contribution is -2.28. The Hall–Kier alpha value is -2.56. The van der Waals surface area contributed by atoms with E-state index in [1.165, 1.54) is 6.07 Å². The highest BCUT2D eigenvalue weighted by Crippen LogP contribution is 2.42. The van der Waals surface area contributed by atoms with Crippen molar-refractivity contribution in [2.24, 2.45) is 0 Å². The minimum absolute atomic E-state index is 0.111. The summed E-state index contributed by atoms with van der Waals surface area (Å²) in [7, 11) is 1.86. The molecule has 1 aliphatic rings. The number of carbonyl (C=O) groups excluding carboxylic acids is 1. The molecule has 0 amide bonds. The van der Waals surface area contributed by atoms with Crippen LogP contribution in [0.3, 0.4) is 0 Å². The Labute approximate surface area is 150 Å². The molecule has 26 heavy (non-hydrogen) atoms. The maximum absolute atomic E-state index is 13.0. The van der Waals surface area contributed by atoms with Crippen LogP contribution in [0.4, 0.5) is 18.9 Å². The van der Waals surface area contributed by atoms with Gasteiger partial charge in [-0.1, -0.05) is 36.4 Å². The van der Waals surface area contributed by atoms with Gasteiger partial charge in [-0.25, -0.2) is 0 Å². The lowest BCUT2D eigenvalue weighted by atomic mass is 9.79. The SMILES string of the molecule is CN(C=C1CCC(C)(c2cccc(C(F)(F)F)c2)C1=O)c1ccccc1. The lowest BCUT2D eigenvalue weighted by Gasteiger charge is -2.23. The lowest BCUT2D eigenvalue weighted by molar-refractivity contribution is -0.137. The maximum atomic E-state index is 13.0. The molecular formula is C21H20F3NO. The van der Waals surface area contributed by atoms with E-state index in [0.717, 1.165) is 17.8 Å². The van der Waals surface area contributed by atoms with Gasteiger partial charge in [0.25, 0.3) is 0 Å². The predicted molar refractivity (Wildman–Crippen MR) is 96.0 cm³/mol. The zero-order chi connectivity index (χ0) is 18.9. The van der Waals surface area contributed by atoms with Gasteiger partial charge in [-0.3, -0.25) is 4.79 Å². The average molecular weight is 359 g/mol. The summed E-state index contributed by atoms with van der Waals surface area (Å²) >= 11 is 0. The molecule has 0 spiro atoms. The molecule has 1 unspecified atom stereocenters. The van der Waals surface area contributed by atoms with E-state index in [-0.39, 0.29) is 5.78 Å². The number of carbonyl (C=O) groups is 1. The Bertz CT molecular complexity index is 842. The molecule has 0 N–H and O–H groups in total. The van der Waals surface area contributed by atoms with Gasteiger partial charge in [0.15, 0.2) is 5.78 Å². The molecular weight excluding hydrogens is 339 g/mol. The van der Waals surface area contributed by atoms with Crippen molar-refractivity contribution in [1.82, 2.24) is 0 Å². The van der Waals surface area contributed by atoms with E-state index in [1.807, 2.05) is 42.3 Å². The summed E-state index contributed by atoms with van der Waals surface area (Å²) in [5.74, 6) is -0.111. The van der Waals surface area contributed by atoms with Crippen molar-refractivity contribution < 1.29 is 18.0 Å². The van der Waals surface area contributed by atoms with Crippen molar-refractivity contribution in [1.29, 1.82) is 0 Å². The van der Waals surface area contributed by atoms with Crippen LogP contribution in [-0.2, 0) is 16.4 Å². The van der Waals surface area contributed by atoms with E-state index >= 15 is 0 Å². The van der Waals surface area contributed by atoms with Gasteiger partial charge in [-0.2, -0.15) is 13.2 Å². The highest BCUT2D eigenvalue weighted by molar-refractivity contribution is 6.05. The summed E-state index contributed by atoms with van der Waals surface area (Å²) in [4.78, 5) is 14.8. The molecule has 0 aliphatic heterocycles. The summed E-state index contributed by atoms with van der Waals surface area (Å²) in [5.41, 5.74) is 0.354. The van der Waals surface area contributed by atoms with E-state index < -0.39 is 17.2 Å². The molecule has 0 heterocycles. The molecule has 2 aromatic rings. The molecule has 2 nitrogen and oxygen atoms in total. The molecule has 1 atom stereocenters. The number of anilines is 1. The highest BCUT2D eigenvalue weighted by Gasteiger charge is 2.43. The number of alkyl halides is 3. The summed E-state index contributed by atoms with van der Waals surface area (Å²) < 4.78 is 39.0. The maximum Gasteiger partial charge on any atom is 0.416 e. The Kier molecular flexibility index (Phi) is 4.65. The van der Waals surface area contributed by atoms with Crippen LogP contribution in [0.15, 0.2) is 66.4 Å². The fraction of sp³-hybridized carbons (Fsp3) is 0.286. The van der Waals surface area contributed by atoms with Crippen molar-refractivity contribution in [2.45, 2.75) is 31.4 Å².